The summed E-state index contributed by atoms with van der Waals surface area (Å²) in [6.07, 6.45) is 0. The number of hydrogen-bond acceptors (Lipinski definition) is 1. The number of aromatic nitrogens is 1. The van der Waals surface area contributed by atoms with Crippen LogP contribution in [0.3, 0.4) is 0 Å². The second-order valence-corrected chi connectivity index (χ2v) is 4.46. The molecule has 3 nitrogen and oxygen atoms in total. The van der Waals surface area contributed by atoms with Gasteiger partial charge in [-0.05, 0) is 32.9 Å². The van der Waals surface area contributed by atoms with Crippen molar-refractivity contribution in [2.24, 2.45) is 0 Å². The lowest BCUT2D eigenvalue weighted by molar-refractivity contribution is 0.0712. The van der Waals surface area contributed by atoms with E-state index in [0.29, 0.717) is 5.69 Å². The number of benzene rings is 1. The van der Waals surface area contributed by atoms with Crippen molar-refractivity contribution in [2.75, 3.05) is 6.54 Å². The molecule has 0 atom stereocenters. The summed E-state index contributed by atoms with van der Waals surface area (Å²) < 4.78 is 0. The van der Waals surface area contributed by atoms with Gasteiger partial charge >= 0.3 is 0 Å². The van der Waals surface area contributed by atoms with Gasteiger partial charge in [0.25, 0.3) is 5.91 Å². The maximum absolute atomic E-state index is 12.3. The number of fused-ring (bicyclic) bond motifs is 1. The van der Waals surface area contributed by atoms with Crippen molar-refractivity contribution < 1.29 is 4.79 Å². The highest BCUT2D eigenvalue weighted by Gasteiger charge is 2.18. The number of para-hydroxylation sites is 1. The second kappa shape index (κ2) is 4.62. The zero-order chi connectivity index (χ0) is 12.4. The minimum atomic E-state index is 0.0682. The maximum Gasteiger partial charge on any atom is 0.270 e. The highest BCUT2D eigenvalue weighted by Crippen LogP contribution is 2.16. The number of hydrogen-bond donors (Lipinski definition) is 1. The van der Waals surface area contributed by atoms with Crippen LogP contribution in [-0.2, 0) is 0 Å². The van der Waals surface area contributed by atoms with E-state index in [4.69, 9.17) is 0 Å². The maximum atomic E-state index is 12.3. The molecule has 90 valence electrons. The van der Waals surface area contributed by atoms with Crippen LogP contribution in [0.25, 0.3) is 10.9 Å². The van der Waals surface area contributed by atoms with E-state index in [1.54, 1.807) is 0 Å². The first-order valence-electron chi connectivity index (χ1n) is 6.02. The Labute approximate surface area is 101 Å². The van der Waals surface area contributed by atoms with Crippen molar-refractivity contribution in [1.29, 1.82) is 0 Å². The molecular formula is C14H18N2O. The minimum absolute atomic E-state index is 0.0682. The van der Waals surface area contributed by atoms with Crippen molar-refractivity contribution in [3.63, 3.8) is 0 Å². The molecule has 0 spiro atoms. The highest BCUT2D eigenvalue weighted by molar-refractivity contribution is 5.98. The summed E-state index contributed by atoms with van der Waals surface area (Å²) in [5.74, 6) is 0.0682. The van der Waals surface area contributed by atoms with E-state index >= 15 is 0 Å². The van der Waals surface area contributed by atoms with Gasteiger partial charge in [0.1, 0.15) is 5.69 Å². The molecule has 1 aromatic heterocycles. The molecule has 1 N–H and O–H groups in total. The summed E-state index contributed by atoms with van der Waals surface area (Å²) in [6.45, 7) is 6.79. The van der Waals surface area contributed by atoms with Crippen LogP contribution in [0.5, 0.6) is 0 Å². The van der Waals surface area contributed by atoms with Gasteiger partial charge in [-0.1, -0.05) is 18.2 Å². The molecule has 0 aliphatic carbocycles. The van der Waals surface area contributed by atoms with Gasteiger partial charge in [0.15, 0.2) is 0 Å². The fraction of sp³-hybridized carbons (Fsp3) is 0.357. The van der Waals surface area contributed by atoms with Gasteiger partial charge in [-0.25, -0.2) is 0 Å². The van der Waals surface area contributed by atoms with E-state index < -0.39 is 0 Å². The Kier molecular flexibility index (Phi) is 3.18. The third kappa shape index (κ3) is 2.18. The van der Waals surface area contributed by atoms with Crippen LogP contribution >= 0.6 is 0 Å². The summed E-state index contributed by atoms with van der Waals surface area (Å²) in [6, 6.07) is 10.1. The van der Waals surface area contributed by atoms with Gasteiger partial charge in [-0.3, -0.25) is 4.79 Å². The van der Waals surface area contributed by atoms with Gasteiger partial charge in [-0.15, -0.1) is 0 Å². The monoisotopic (exact) mass is 230 g/mol. The molecule has 1 amide bonds. The molecule has 0 bridgehead atoms. The molecule has 2 aromatic rings. The Balaban J connectivity index is 2.36. The van der Waals surface area contributed by atoms with Crippen LogP contribution in [0, 0.1) is 0 Å². The van der Waals surface area contributed by atoms with Gasteiger partial charge in [0, 0.05) is 23.5 Å². The summed E-state index contributed by atoms with van der Waals surface area (Å²) in [7, 11) is 0. The molecule has 0 aliphatic rings. The zero-order valence-electron chi connectivity index (χ0n) is 10.5. The van der Waals surface area contributed by atoms with Gasteiger partial charge in [0.05, 0.1) is 0 Å². The molecule has 17 heavy (non-hydrogen) atoms. The summed E-state index contributed by atoms with van der Waals surface area (Å²) >= 11 is 0. The number of H-pyrrole nitrogens is 1. The SMILES string of the molecule is CCN(C(=O)c1cc2ccccc2[nH]1)C(C)C. The third-order valence-corrected chi connectivity index (χ3v) is 2.99. The third-order valence-electron chi connectivity index (χ3n) is 2.99. The number of aromatic amines is 1. The summed E-state index contributed by atoms with van der Waals surface area (Å²) in [5.41, 5.74) is 1.68. The quantitative estimate of drug-likeness (QED) is 0.864. The fourth-order valence-corrected chi connectivity index (χ4v) is 2.09. The topological polar surface area (TPSA) is 36.1 Å². The molecule has 0 unspecified atom stereocenters. The van der Waals surface area contributed by atoms with E-state index in [-0.39, 0.29) is 11.9 Å². The molecule has 0 saturated heterocycles. The number of carbonyl (C=O) groups is 1. The lowest BCUT2D eigenvalue weighted by atomic mass is 10.2. The molecule has 2 rings (SSSR count). The van der Waals surface area contributed by atoms with E-state index in [2.05, 4.69) is 4.98 Å². The van der Waals surface area contributed by atoms with Gasteiger partial charge < -0.3 is 9.88 Å². The van der Waals surface area contributed by atoms with Gasteiger partial charge in [-0.2, -0.15) is 0 Å². The van der Waals surface area contributed by atoms with E-state index in [9.17, 15) is 4.79 Å². The minimum Gasteiger partial charge on any atom is -0.351 e. The van der Waals surface area contributed by atoms with Crippen LogP contribution in [-0.4, -0.2) is 28.4 Å². The fourth-order valence-electron chi connectivity index (χ4n) is 2.09. The predicted molar refractivity (Wildman–Crippen MR) is 70.1 cm³/mol. The number of nitrogens with zero attached hydrogens (tertiary/aromatic N) is 1. The van der Waals surface area contributed by atoms with Crippen molar-refractivity contribution >= 4 is 16.8 Å². The lowest BCUT2D eigenvalue weighted by Crippen LogP contribution is -2.36. The van der Waals surface area contributed by atoms with E-state index in [1.165, 1.54) is 0 Å². The molecule has 0 saturated carbocycles. The van der Waals surface area contributed by atoms with Crippen molar-refractivity contribution in [3.8, 4) is 0 Å². The summed E-state index contributed by atoms with van der Waals surface area (Å²) in [4.78, 5) is 17.3. The number of rotatable bonds is 3. The average Bonchev–Trinajstić information content (AvgIpc) is 2.72. The van der Waals surface area contributed by atoms with Crippen LogP contribution in [0.1, 0.15) is 31.3 Å². The van der Waals surface area contributed by atoms with Crippen LogP contribution in [0.15, 0.2) is 30.3 Å². The molecule has 0 aliphatic heterocycles. The Morgan fingerprint density at radius 3 is 2.65 bits per heavy atom. The Morgan fingerprint density at radius 2 is 2.06 bits per heavy atom. The summed E-state index contributed by atoms with van der Waals surface area (Å²) in [5, 5.41) is 1.08. The van der Waals surface area contributed by atoms with E-state index in [1.807, 2.05) is 56.0 Å². The van der Waals surface area contributed by atoms with Crippen molar-refractivity contribution in [3.05, 3.63) is 36.0 Å². The molecule has 0 radical (unpaired) electrons. The standard InChI is InChI=1S/C14H18N2O/c1-4-16(10(2)3)14(17)13-9-11-7-5-6-8-12(11)15-13/h5-10,15H,4H2,1-3H3. The molecule has 0 fully saturated rings. The molecular weight excluding hydrogens is 212 g/mol. The number of carbonyl (C=O) groups excluding carboxylic acids is 1. The average molecular weight is 230 g/mol. The van der Waals surface area contributed by atoms with Crippen LogP contribution < -0.4 is 0 Å². The predicted octanol–water partition coefficient (Wildman–Crippen LogP) is 3.04. The number of nitrogens with one attached hydrogen (secondary N) is 1. The first-order valence-corrected chi connectivity index (χ1v) is 6.02. The second-order valence-electron chi connectivity index (χ2n) is 4.46. The highest BCUT2D eigenvalue weighted by atomic mass is 16.2. The van der Waals surface area contributed by atoms with Gasteiger partial charge in [0.2, 0.25) is 0 Å². The Bertz CT molecular complexity index is 495. The lowest BCUT2D eigenvalue weighted by Gasteiger charge is -2.24. The largest absolute Gasteiger partial charge is 0.351 e. The van der Waals surface area contributed by atoms with Crippen LogP contribution in [0.2, 0.25) is 0 Å². The van der Waals surface area contributed by atoms with Crippen molar-refractivity contribution in [2.45, 2.75) is 26.8 Å². The Hall–Kier alpha value is -1.77. The smallest absolute Gasteiger partial charge is 0.270 e. The van der Waals surface area contributed by atoms with Crippen LogP contribution in [0.4, 0.5) is 0 Å². The molecule has 1 aromatic carbocycles. The zero-order valence-corrected chi connectivity index (χ0v) is 10.5. The first-order chi connectivity index (χ1) is 8.13. The van der Waals surface area contributed by atoms with E-state index in [0.717, 1.165) is 17.4 Å². The Morgan fingerprint density at radius 1 is 1.35 bits per heavy atom. The number of amides is 1. The molecule has 1 heterocycles. The van der Waals surface area contributed by atoms with Crippen molar-refractivity contribution in [1.82, 2.24) is 9.88 Å². The first kappa shape index (κ1) is 11.7. The molecule has 3 heteroatoms. The normalized spacial score (nSPS) is 11.1.